The zero-order valence-electron chi connectivity index (χ0n) is 17.6. The number of aryl methyl sites for hydroxylation is 1. The molecular weight excluding hydrogens is 490 g/mol. The summed E-state index contributed by atoms with van der Waals surface area (Å²) in [5, 5.41) is 11.8. The SMILES string of the molecule is Cc1cc(/C=C2\C(=O)NC(=O)N(c3ccc(Br)cc3)C2=O)c(C)n1-c1ccccc1C(=O)O. The van der Waals surface area contributed by atoms with Gasteiger partial charge in [0.1, 0.15) is 5.57 Å². The Morgan fingerprint density at radius 3 is 2.36 bits per heavy atom. The number of carboxylic acids is 1. The molecule has 33 heavy (non-hydrogen) atoms. The summed E-state index contributed by atoms with van der Waals surface area (Å²) in [6.07, 6.45) is 1.41. The van der Waals surface area contributed by atoms with Crippen molar-refractivity contribution in [2.24, 2.45) is 0 Å². The van der Waals surface area contributed by atoms with Gasteiger partial charge in [-0.05, 0) is 68.0 Å². The molecule has 1 aliphatic heterocycles. The van der Waals surface area contributed by atoms with Gasteiger partial charge >= 0.3 is 12.0 Å². The minimum atomic E-state index is -1.07. The second kappa shape index (κ2) is 8.51. The van der Waals surface area contributed by atoms with Crippen LogP contribution < -0.4 is 10.2 Å². The number of benzene rings is 2. The Hall–Kier alpha value is -3.98. The van der Waals surface area contributed by atoms with Crippen LogP contribution in [0.15, 0.2) is 64.6 Å². The smallest absolute Gasteiger partial charge is 0.337 e. The predicted molar refractivity (Wildman–Crippen MR) is 125 cm³/mol. The second-order valence-corrected chi connectivity index (χ2v) is 8.33. The van der Waals surface area contributed by atoms with Crippen LogP contribution in [0.2, 0.25) is 0 Å². The number of urea groups is 1. The molecule has 2 aromatic carbocycles. The molecule has 1 saturated heterocycles. The Morgan fingerprint density at radius 2 is 1.70 bits per heavy atom. The van der Waals surface area contributed by atoms with Gasteiger partial charge in [-0.3, -0.25) is 14.9 Å². The number of para-hydroxylation sites is 1. The number of amides is 4. The zero-order chi connectivity index (χ0) is 23.9. The van der Waals surface area contributed by atoms with Gasteiger partial charge in [-0.15, -0.1) is 0 Å². The van der Waals surface area contributed by atoms with Gasteiger partial charge in [0.25, 0.3) is 11.8 Å². The minimum Gasteiger partial charge on any atom is -0.478 e. The van der Waals surface area contributed by atoms with E-state index < -0.39 is 23.8 Å². The maximum atomic E-state index is 13.1. The van der Waals surface area contributed by atoms with Gasteiger partial charge in [-0.1, -0.05) is 28.1 Å². The summed E-state index contributed by atoms with van der Waals surface area (Å²) < 4.78 is 2.52. The molecule has 4 amide bonds. The third kappa shape index (κ3) is 3.98. The van der Waals surface area contributed by atoms with Crippen LogP contribution in [0.4, 0.5) is 10.5 Å². The highest BCUT2D eigenvalue weighted by atomic mass is 79.9. The number of rotatable bonds is 4. The van der Waals surface area contributed by atoms with Crippen molar-refractivity contribution in [3.8, 4) is 5.69 Å². The van der Waals surface area contributed by atoms with E-state index in [1.165, 1.54) is 12.1 Å². The standard InChI is InChI=1S/C24H18BrN3O5/c1-13-11-15(14(2)27(13)20-6-4-3-5-18(20)23(31)32)12-19-21(29)26-24(33)28(22(19)30)17-9-7-16(25)8-10-17/h3-12H,1-2H3,(H,31,32)(H,26,29,33)/b19-12+. The lowest BCUT2D eigenvalue weighted by Crippen LogP contribution is -2.54. The van der Waals surface area contributed by atoms with E-state index in [2.05, 4.69) is 21.2 Å². The summed E-state index contributed by atoms with van der Waals surface area (Å²) >= 11 is 3.31. The molecule has 1 fully saturated rings. The molecule has 9 heteroatoms. The maximum Gasteiger partial charge on any atom is 0.337 e. The quantitative estimate of drug-likeness (QED) is 0.405. The van der Waals surface area contributed by atoms with Gasteiger partial charge in [0.15, 0.2) is 0 Å². The number of aromatic nitrogens is 1. The first-order valence-electron chi connectivity index (χ1n) is 9.87. The Morgan fingerprint density at radius 1 is 1.03 bits per heavy atom. The first kappa shape index (κ1) is 22.2. The number of anilines is 1. The maximum absolute atomic E-state index is 13.1. The van der Waals surface area contributed by atoms with Crippen LogP contribution in [0.25, 0.3) is 11.8 Å². The van der Waals surface area contributed by atoms with Crippen LogP contribution in [-0.2, 0) is 9.59 Å². The summed E-state index contributed by atoms with van der Waals surface area (Å²) in [6, 6.07) is 14.0. The molecule has 1 aliphatic rings. The van der Waals surface area contributed by atoms with E-state index in [0.29, 0.717) is 22.6 Å². The number of aromatic carboxylic acids is 1. The van der Waals surface area contributed by atoms with Crippen LogP contribution in [-0.4, -0.2) is 33.5 Å². The molecule has 0 aliphatic carbocycles. The van der Waals surface area contributed by atoms with Crippen molar-refractivity contribution < 1.29 is 24.3 Å². The molecule has 1 aromatic heterocycles. The van der Waals surface area contributed by atoms with Crippen molar-refractivity contribution in [3.05, 3.63) is 87.2 Å². The average Bonchev–Trinajstić information content (AvgIpc) is 3.05. The number of hydrogen-bond acceptors (Lipinski definition) is 4. The van der Waals surface area contributed by atoms with Crippen molar-refractivity contribution in [3.63, 3.8) is 0 Å². The van der Waals surface area contributed by atoms with Crippen molar-refractivity contribution in [2.45, 2.75) is 13.8 Å². The van der Waals surface area contributed by atoms with E-state index in [1.54, 1.807) is 66.9 Å². The molecule has 0 radical (unpaired) electrons. The number of nitrogens with zero attached hydrogens (tertiary/aromatic N) is 2. The number of imide groups is 2. The van der Waals surface area contributed by atoms with E-state index >= 15 is 0 Å². The van der Waals surface area contributed by atoms with Gasteiger partial charge in [-0.2, -0.15) is 0 Å². The number of carbonyl (C=O) groups is 4. The van der Waals surface area contributed by atoms with Gasteiger partial charge in [0, 0.05) is 15.9 Å². The van der Waals surface area contributed by atoms with E-state index in [4.69, 9.17) is 0 Å². The third-order valence-electron chi connectivity index (χ3n) is 5.33. The van der Waals surface area contributed by atoms with E-state index in [1.807, 2.05) is 0 Å². The highest BCUT2D eigenvalue weighted by molar-refractivity contribution is 9.10. The number of hydrogen-bond donors (Lipinski definition) is 2. The van der Waals surface area contributed by atoms with Crippen LogP contribution >= 0.6 is 15.9 Å². The van der Waals surface area contributed by atoms with Crippen LogP contribution in [0.1, 0.15) is 27.3 Å². The molecule has 0 atom stereocenters. The molecule has 0 bridgehead atoms. The van der Waals surface area contributed by atoms with Crippen LogP contribution in [0, 0.1) is 13.8 Å². The Balaban J connectivity index is 1.79. The van der Waals surface area contributed by atoms with Crippen molar-refractivity contribution in [2.75, 3.05) is 4.90 Å². The molecule has 166 valence electrons. The van der Waals surface area contributed by atoms with Crippen molar-refractivity contribution >= 4 is 51.5 Å². The highest BCUT2D eigenvalue weighted by Crippen LogP contribution is 2.28. The number of carbonyl (C=O) groups excluding carboxylic acids is 3. The van der Waals surface area contributed by atoms with E-state index in [-0.39, 0.29) is 11.1 Å². The summed E-state index contributed by atoms with van der Waals surface area (Å²) in [5.41, 5.74) is 2.62. The summed E-state index contributed by atoms with van der Waals surface area (Å²) in [5.74, 6) is -2.61. The number of nitrogens with one attached hydrogen (secondary N) is 1. The van der Waals surface area contributed by atoms with Gasteiger partial charge in [0.2, 0.25) is 0 Å². The highest BCUT2D eigenvalue weighted by Gasteiger charge is 2.37. The largest absolute Gasteiger partial charge is 0.478 e. The summed E-state index contributed by atoms with van der Waals surface area (Å²) in [7, 11) is 0. The Bertz CT molecular complexity index is 1350. The summed E-state index contributed by atoms with van der Waals surface area (Å²) in [6.45, 7) is 3.56. The Kier molecular flexibility index (Phi) is 5.73. The molecule has 3 aromatic rings. The lowest BCUT2D eigenvalue weighted by Gasteiger charge is -2.26. The fraction of sp³-hybridized carbons (Fsp3) is 0.0833. The van der Waals surface area contributed by atoms with Crippen LogP contribution in [0.5, 0.6) is 0 Å². The van der Waals surface area contributed by atoms with E-state index in [0.717, 1.165) is 15.1 Å². The van der Waals surface area contributed by atoms with E-state index in [9.17, 15) is 24.3 Å². The lowest BCUT2D eigenvalue weighted by atomic mass is 10.1. The van der Waals surface area contributed by atoms with Gasteiger partial charge in [0.05, 0.1) is 16.9 Å². The molecule has 8 nitrogen and oxygen atoms in total. The normalized spacial score (nSPS) is 15.2. The first-order valence-corrected chi connectivity index (χ1v) is 10.7. The fourth-order valence-corrected chi connectivity index (χ4v) is 4.06. The van der Waals surface area contributed by atoms with Crippen LogP contribution in [0.3, 0.4) is 0 Å². The van der Waals surface area contributed by atoms with Crippen molar-refractivity contribution in [1.29, 1.82) is 0 Å². The molecule has 0 unspecified atom stereocenters. The monoisotopic (exact) mass is 507 g/mol. The molecule has 4 rings (SSSR count). The molecule has 2 N–H and O–H groups in total. The second-order valence-electron chi connectivity index (χ2n) is 7.42. The first-order chi connectivity index (χ1) is 15.7. The predicted octanol–water partition coefficient (Wildman–Crippen LogP) is 4.22. The van der Waals surface area contributed by atoms with Crippen molar-refractivity contribution in [1.82, 2.24) is 9.88 Å². The Labute approximate surface area is 197 Å². The third-order valence-corrected chi connectivity index (χ3v) is 5.86. The lowest BCUT2D eigenvalue weighted by molar-refractivity contribution is -0.122. The average molecular weight is 508 g/mol. The molecule has 0 saturated carbocycles. The number of halogens is 1. The zero-order valence-corrected chi connectivity index (χ0v) is 19.2. The molecule has 0 spiro atoms. The minimum absolute atomic E-state index is 0.122. The number of carboxylic acid groups (broad SMARTS) is 1. The topological polar surface area (TPSA) is 109 Å². The summed E-state index contributed by atoms with van der Waals surface area (Å²) in [4.78, 5) is 50.6. The molecule has 2 heterocycles. The fourth-order valence-electron chi connectivity index (χ4n) is 3.79. The molecular formula is C24H18BrN3O5. The van der Waals surface area contributed by atoms with Gasteiger partial charge < -0.3 is 9.67 Å². The van der Waals surface area contributed by atoms with Gasteiger partial charge in [-0.25, -0.2) is 14.5 Å². The number of barbiturate groups is 1.